The van der Waals surface area contributed by atoms with E-state index in [9.17, 15) is 18.0 Å². The lowest BCUT2D eigenvalue weighted by atomic mass is 10.0. The number of sulfonamides is 1. The molecule has 0 saturated heterocycles. The predicted molar refractivity (Wildman–Crippen MR) is 112 cm³/mol. The molecular weight excluding hydrogens is 410 g/mol. The SMILES string of the molecule is COc1ccc(NC(=O)[C@@H](CC(C)C)NS(=O)(=O)c2ccc3[nH]c(=O)oc3c2)cc1. The molecule has 0 aliphatic carbocycles. The van der Waals surface area contributed by atoms with Gasteiger partial charge in [-0.05, 0) is 48.7 Å². The third-order valence-electron chi connectivity index (χ3n) is 4.38. The van der Waals surface area contributed by atoms with E-state index in [1.165, 1.54) is 25.3 Å². The van der Waals surface area contributed by atoms with Gasteiger partial charge < -0.3 is 14.5 Å². The second-order valence-corrected chi connectivity index (χ2v) is 8.91. The molecule has 0 fully saturated rings. The zero-order valence-electron chi connectivity index (χ0n) is 16.8. The zero-order valence-corrected chi connectivity index (χ0v) is 17.6. The van der Waals surface area contributed by atoms with Crippen LogP contribution in [-0.4, -0.2) is 32.5 Å². The number of ether oxygens (including phenoxy) is 1. The summed E-state index contributed by atoms with van der Waals surface area (Å²) in [6.07, 6.45) is 0.294. The molecule has 1 amide bonds. The second kappa shape index (κ2) is 8.72. The average molecular weight is 433 g/mol. The van der Waals surface area contributed by atoms with E-state index in [0.717, 1.165) is 0 Å². The van der Waals surface area contributed by atoms with Crippen molar-refractivity contribution in [2.75, 3.05) is 12.4 Å². The highest BCUT2D eigenvalue weighted by molar-refractivity contribution is 7.89. The van der Waals surface area contributed by atoms with Gasteiger partial charge in [-0.1, -0.05) is 13.8 Å². The monoisotopic (exact) mass is 433 g/mol. The van der Waals surface area contributed by atoms with Crippen LogP contribution in [0.4, 0.5) is 5.69 Å². The van der Waals surface area contributed by atoms with E-state index >= 15 is 0 Å². The molecular formula is C20H23N3O6S. The van der Waals surface area contributed by atoms with Crippen LogP contribution in [0.2, 0.25) is 0 Å². The van der Waals surface area contributed by atoms with Crippen molar-refractivity contribution in [1.82, 2.24) is 9.71 Å². The molecule has 30 heavy (non-hydrogen) atoms. The first kappa shape index (κ1) is 21.6. The molecule has 10 heteroatoms. The van der Waals surface area contributed by atoms with Crippen molar-refractivity contribution in [3.8, 4) is 5.75 Å². The third kappa shape index (κ3) is 5.08. The molecule has 9 nitrogen and oxygen atoms in total. The number of oxazole rings is 1. The van der Waals surface area contributed by atoms with E-state index in [0.29, 0.717) is 23.4 Å². The standard InChI is InChI=1S/C20H23N3O6S/c1-12(2)10-17(19(24)21-13-4-6-14(28-3)7-5-13)23-30(26,27)15-8-9-16-18(11-15)29-20(25)22-16/h4-9,11-12,17,23H,10H2,1-3H3,(H,21,24)(H,22,25)/t17-/m1/s1. The Hall–Kier alpha value is -3.11. The highest BCUT2D eigenvalue weighted by atomic mass is 32.2. The van der Waals surface area contributed by atoms with Crippen LogP contribution in [0.15, 0.2) is 56.6 Å². The average Bonchev–Trinajstić information content (AvgIpc) is 3.06. The Labute approximate surface area is 173 Å². The maximum atomic E-state index is 12.9. The topological polar surface area (TPSA) is 130 Å². The van der Waals surface area contributed by atoms with Gasteiger partial charge in [0.15, 0.2) is 5.58 Å². The molecule has 0 aliphatic heterocycles. The number of methoxy groups -OCH3 is 1. The van der Waals surface area contributed by atoms with Gasteiger partial charge in [-0.2, -0.15) is 4.72 Å². The lowest BCUT2D eigenvalue weighted by molar-refractivity contribution is -0.118. The summed E-state index contributed by atoms with van der Waals surface area (Å²) in [5.41, 5.74) is 1.02. The Kier molecular flexibility index (Phi) is 6.28. The van der Waals surface area contributed by atoms with Crippen molar-refractivity contribution in [3.05, 3.63) is 53.0 Å². The molecule has 1 aromatic heterocycles. The molecule has 3 rings (SSSR count). The molecule has 0 radical (unpaired) electrons. The minimum atomic E-state index is -4.04. The van der Waals surface area contributed by atoms with Gasteiger partial charge in [-0.25, -0.2) is 13.2 Å². The summed E-state index contributed by atoms with van der Waals surface area (Å²) in [5.74, 6) is -0.459. The largest absolute Gasteiger partial charge is 0.497 e. The van der Waals surface area contributed by atoms with Gasteiger partial charge in [0.25, 0.3) is 0 Å². The summed E-state index contributed by atoms with van der Waals surface area (Å²) in [4.78, 5) is 26.4. The van der Waals surface area contributed by atoms with E-state index in [1.54, 1.807) is 24.3 Å². The maximum Gasteiger partial charge on any atom is 0.417 e. The molecule has 0 saturated carbocycles. The summed E-state index contributed by atoms with van der Waals surface area (Å²) in [5, 5.41) is 2.72. The molecule has 0 spiro atoms. The first-order valence-corrected chi connectivity index (χ1v) is 10.8. The quantitative estimate of drug-likeness (QED) is 0.500. The number of anilines is 1. The molecule has 3 N–H and O–H groups in total. The van der Waals surface area contributed by atoms with Crippen LogP contribution in [-0.2, 0) is 14.8 Å². The van der Waals surface area contributed by atoms with Crippen molar-refractivity contribution in [3.63, 3.8) is 0 Å². The lowest BCUT2D eigenvalue weighted by Gasteiger charge is -2.20. The molecule has 0 unspecified atom stereocenters. The fourth-order valence-electron chi connectivity index (χ4n) is 2.93. The Morgan fingerprint density at radius 2 is 1.87 bits per heavy atom. The number of aromatic nitrogens is 1. The first-order valence-electron chi connectivity index (χ1n) is 9.28. The predicted octanol–water partition coefficient (Wildman–Crippen LogP) is 2.46. The molecule has 2 aromatic carbocycles. The first-order chi connectivity index (χ1) is 14.2. The van der Waals surface area contributed by atoms with Crippen LogP contribution in [0.3, 0.4) is 0 Å². The summed E-state index contributed by atoms with van der Waals surface area (Å²) < 4.78 is 38.2. The van der Waals surface area contributed by atoms with Gasteiger partial charge in [0.05, 0.1) is 17.5 Å². The number of rotatable bonds is 8. The van der Waals surface area contributed by atoms with Crippen LogP contribution in [0.25, 0.3) is 11.1 Å². The lowest BCUT2D eigenvalue weighted by Crippen LogP contribution is -2.44. The molecule has 3 aromatic rings. The van der Waals surface area contributed by atoms with E-state index in [2.05, 4.69) is 15.0 Å². The summed E-state index contributed by atoms with van der Waals surface area (Å²) in [6.45, 7) is 3.78. The zero-order chi connectivity index (χ0) is 21.9. The van der Waals surface area contributed by atoms with E-state index in [-0.39, 0.29) is 16.4 Å². The number of hydrogen-bond donors (Lipinski definition) is 3. The van der Waals surface area contributed by atoms with Crippen LogP contribution >= 0.6 is 0 Å². The fraction of sp³-hybridized carbons (Fsp3) is 0.300. The van der Waals surface area contributed by atoms with Crippen LogP contribution in [0.1, 0.15) is 20.3 Å². The number of aromatic amines is 1. The maximum absolute atomic E-state index is 12.9. The van der Waals surface area contributed by atoms with Crippen molar-refractivity contribution in [2.45, 2.75) is 31.2 Å². The smallest absolute Gasteiger partial charge is 0.417 e. The van der Waals surface area contributed by atoms with Gasteiger partial charge in [0, 0.05) is 11.8 Å². The molecule has 1 heterocycles. The van der Waals surface area contributed by atoms with Gasteiger partial charge in [-0.15, -0.1) is 0 Å². The second-order valence-electron chi connectivity index (χ2n) is 7.19. The minimum absolute atomic E-state index is 0.0597. The number of carbonyl (C=O) groups is 1. The minimum Gasteiger partial charge on any atom is -0.497 e. The molecule has 0 aliphatic rings. The van der Waals surface area contributed by atoms with Crippen LogP contribution in [0, 0.1) is 5.92 Å². The number of benzene rings is 2. The number of carbonyl (C=O) groups excluding carboxylic acids is 1. The number of hydrogen-bond acceptors (Lipinski definition) is 6. The van der Waals surface area contributed by atoms with Crippen molar-refractivity contribution >= 4 is 32.7 Å². The number of amides is 1. The van der Waals surface area contributed by atoms with Crippen molar-refractivity contribution in [1.29, 1.82) is 0 Å². The van der Waals surface area contributed by atoms with Crippen molar-refractivity contribution in [2.24, 2.45) is 5.92 Å². The summed E-state index contributed by atoms with van der Waals surface area (Å²) in [7, 11) is -2.50. The van der Waals surface area contributed by atoms with Crippen LogP contribution < -0.4 is 20.5 Å². The van der Waals surface area contributed by atoms with Crippen molar-refractivity contribution < 1.29 is 22.4 Å². The summed E-state index contributed by atoms with van der Waals surface area (Å²) >= 11 is 0. The Balaban J connectivity index is 1.82. The Morgan fingerprint density at radius 1 is 1.17 bits per heavy atom. The van der Waals surface area contributed by atoms with E-state index < -0.39 is 27.7 Å². The highest BCUT2D eigenvalue weighted by Gasteiger charge is 2.27. The number of fused-ring (bicyclic) bond motifs is 1. The number of H-pyrrole nitrogens is 1. The third-order valence-corrected chi connectivity index (χ3v) is 5.85. The van der Waals surface area contributed by atoms with E-state index in [1.807, 2.05) is 13.8 Å². The van der Waals surface area contributed by atoms with Gasteiger partial charge in [0.1, 0.15) is 11.8 Å². The van der Waals surface area contributed by atoms with Crippen LogP contribution in [0.5, 0.6) is 5.75 Å². The normalized spacial score (nSPS) is 12.8. The molecule has 0 bridgehead atoms. The Morgan fingerprint density at radius 3 is 2.50 bits per heavy atom. The van der Waals surface area contributed by atoms with Gasteiger partial charge in [-0.3, -0.25) is 9.78 Å². The molecule has 160 valence electrons. The summed E-state index contributed by atoms with van der Waals surface area (Å²) in [6, 6.07) is 9.73. The fourth-order valence-corrected chi connectivity index (χ4v) is 4.16. The number of nitrogens with one attached hydrogen (secondary N) is 3. The van der Waals surface area contributed by atoms with Gasteiger partial charge in [0.2, 0.25) is 15.9 Å². The van der Waals surface area contributed by atoms with Gasteiger partial charge >= 0.3 is 5.76 Å². The Bertz CT molecular complexity index is 1200. The highest BCUT2D eigenvalue weighted by Crippen LogP contribution is 2.19. The molecule has 1 atom stereocenters. The van der Waals surface area contributed by atoms with E-state index in [4.69, 9.17) is 9.15 Å².